The summed E-state index contributed by atoms with van der Waals surface area (Å²) in [6.45, 7) is 5.29. The number of likely N-dealkylation sites (tertiary alicyclic amines) is 1. The molecule has 3 aromatic rings. The van der Waals surface area contributed by atoms with Crippen molar-refractivity contribution < 1.29 is 4.79 Å². The van der Waals surface area contributed by atoms with Gasteiger partial charge in [-0.25, -0.2) is 0 Å². The molecule has 0 aromatic heterocycles. The molecule has 0 radical (unpaired) electrons. The first-order valence-electron chi connectivity index (χ1n) is 13.6. The average molecular weight is 536 g/mol. The Hall–Kier alpha value is -2.33. The lowest BCUT2D eigenvalue weighted by Gasteiger charge is -2.45. The minimum atomic E-state index is -0.0230. The van der Waals surface area contributed by atoms with Gasteiger partial charge >= 0.3 is 0 Å². The topological polar surface area (TPSA) is 23.6 Å². The quantitative estimate of drug-likeness (QED) is 0.273. The number of para-hydroxylation sites is 1. The van der Waals surface area contributed by atoms with Crippen molar-refractivity contribution in [1.29, 1.82) is 0 Å². The van der Waals surface area contributed by atoms with E-state index in [4.69, 9.17) is 23.2 Å². The van der Waals surface area contributed by atoms with Crippen LogP contribution in [-0.2, 0) is 5.41 Å². The van der Waals surface area contributed by atoms with E-state index in [0.29, 0.717) is 16.0 Å². The molecule has 5 heteroatoms. The maximum Gasteiger partial charge on any atom is 0.152 e. The maximum atomic E-state index is 11.8. The molecule has 0 spiro atoms. The number of halogens is 2. The predicted octanol–water partition coefficient (Wildman–Crippen LogP) is 8.00. The average Bonchev–Trinajstić information content (AvgIpc) is 2.95. The van der Waals surface area contributed by atoms with Gasteiger partial charge in [-0.2, -0.15) is 0 Å². The van der Waals surface area contributed by atoms with Crippen LogP contribution in [0.4, 0.5) is 5.69 Å². The summed E-state index contributed by atoms with van der Waals surface area (Å²) in [7, 11) is 0. The van der Waals surface area contributed by atoms with Crippen molar-refractivity contribution in [2.24, 2.45) is 0 Å². The molecule has 2 heterocycles. The minimum Gasteiger partial charge on any atom is -0.370 e. The molecule has 2 fully saturated rings. The van der Waals surface area contributed by atoms with E-state index in [1.165, 1.54) is 24.0 Å². The van der Waals surface area contributed by atoms with Gasteiger partial charge in [-0.05, 0) is 99.5 Å². The van der Waals surface area contributed by atoms with Crippen LogP contribution in [0.3, 0.4) is 0 Å². The largest absolute Gasteiger partial charge is 0.370 e. The lowest BCUT2D eigenvalue weighted by molar-refractivity contribution is 0.112. The second-order valence-corrected chi connectivity index (χ2v) is 11.6. The van der Waals surface area contributed by atoms with E-state index in [9.17, 15) is 4.79 Å². The summed E-state index contributed by atoms with van der Waals surface area (Å²) in [5.41, 5.74) is 4.51. The minimum absolute atomic E-state index is 0.0230. The van der Waals surface area contributed by atoms with E-state index in [0.717, 1.165) is 75.9 Å². The number of aldehydes is 1. The maximum absolute atomic E-state index is 11.8. The number of carbonyl (C=O) groups is 1. The molecule has 0 bridgehead atoms. The molecule has 0 saturated carbocycles. The number of hydrogen-bond donors (Lipinski definition) is 0. The molecule has 2 saturated heterocycles. The fraction of sp³-hybridized carbons (Fsp3) is 0.406. The van der Waals surface area contributed by atoms with Crippen LogP contribution in [0.5, 0.6) is 0 Å². The van der Waals surface area contributed by atoms with Gasteiger partial charge in [0.2, 0.25) is 0 Å². The van der Waals surface area contributed by atoms with E-state index in [2.05, 4.69) is 58.3 Å². The van der Waals surface area contributed by atoms with Crippen molar-refractivity contribution in [3.63, 3.8) is 0 Å². The summed E-state index contributed by atoms with van der Waals surface area (Å²) in [5, 5.41) is 1.22. The summed E-state index contributed by atoms with van der Waals surface area (Å²) in [4.78, 5) is 16.8. The Bertz CT molecular complexity index is 1190. The molecule has 1 unspecified atom stereocenters. The van der Waals surface area contributed by atoms with Gasteiger partial charge in [0, 0.05) is 29.8 Å². The highest BCUT2D eigenvalue weighted by Gasteiger charge is 2.38. The molecule has 2 aliphatic rings. The molecule has 0 aliphatic carbocycles. The molecule has 5 rings (SSSR count). The molecule has 3 nitrogen and oxygen atoms in total. The second-order valence-electron chi connectivity index (χ2n) is 10.7. The summed E-state index contributed by atoms with van der Waals surface area (Å²) in [6.07, 6.45) is 7.86. The third kappa shape index (κ3) is 6.06. The van der Waals surface area contributed by atoms with Gasteiger partial charge in [0.25, 0.3) is 0 Å². The zero-order chi connectivity index (χ0) is 25.7. The van der Waals surface area contributed by atoms with E-state index in [1.807, 2.05) is 24.3 Å². The zero-order valence-corrected chi connectivity index (χ0v) is 22.9. The van der Waals surface area contributed by atoms with Crippen LogP contribution in [0, 0.1) is 0 Å². The number of rotatable bonds is 8. The van der Waals surface area contributed by atoms with Gasteiger partial charge in [0.1, 0.15) is 0 Å². The van der Waals surface area contributed by atoms with E-state index < -0.39 is 0 Å². The molecule has 37 heavy (non-hydrogen) atoms. The Labute approximate surface area is 231 Å². The first kappa shape index (κ1) is 26.3. The normalized spacial score (nSPS) is 21.2. The molecule has 3 aromatic carbocycles. The summed E-state index contributed by atoms with van der Waals surface area (Å²) in [6, 6.07) is 25.1. The van der Waals surface area contributed by atoms with Gasteiger partial charge in [-0.3, -0.25) is 4.79 Å². The van der Waals surface area contributed by atoms with Crippen LogP contribution >= 0.6 is 23.2 Å². The number of benzene rings is 3. The highest BCUT2D eigenvalue weighted by molar-refractivity contribution is 6.42. The van der Waals surface area contributed by atoms with Crippen LogP contribution in [-0.4, -0.2) is 43.9 Å². The lowest BCUT2D eigenvalue weighted by atomic mass is 9.70. The Morgan fingerprint density at radius 1 is 0.892 bits per heavy atom. The molecular weight excluding hydrogens is 499 g/mol. The van der Waals surface area contributed by atoms with E-state index in [1.54, 1.807) is 0 Å². The van der Waals surface area contributed by atoms with Crippen molar-refractivity contribution in [3.8, 4) is 0 Å². The predicted molar refractivity (Wildman–Crippen MR) is 156 cm³/mol. The van der Waals surface area contributed by atoms with Crippen molar-refractivity contribution in [2.75, 3.05) is 37.6 Å². The highest BCUT2D eigenvalue weighted by atomic mass is 35.5. The number of nitrogens with zero attached hydrogens (tertiary/aromatic N) is 2. The van der Waals surface area contributed by atoms with Crippen LogP contribution in [0.2, 0.25) is 10.0 Å². The van der Waals surface area contributed by atoms with Gasteiger partial charge in [0.05, 0.1) is 10.0 Å². The van der Waals surface area contributed by atoms with Crippen molar-refractivity contribution in [3.05, 3.63) is 99.5 Å². The summed E-state index contributed by atoms with van der Waals surface area (Å²) >= 11 is 12.8. The monoisotopic (exact) mass is 534 g/mol. The molecule has 2 aliphatic heterocycles. The molecule has 0 N–H and O–H groups in total. The van der Waals surface area contributed by atoms with E-state index >= 15 is 0 Å². The number of carbonyl (C=O) groups excluding carboxylic acids is 1. The van der Waals surface area contributed by atoms with Crippen LogP contribution < -0.4 is 4.90 Å². The van der Waals surface area contributed by atoms with Crippen LogP contribution in [0.1, 0.15) is 65.9 Å². The Kier molecular flexibility index (Phi) is 8.54. The van der Waals surface area contributed by atoms with Crippen molar-refractivity contribution in [1.82, 2.24) is 4.90 Å². The SMILES string of the molecule is O=Cc1ccccc1N1CCCC(CCCN2CCC(c3ccccc3)CC2)(c2ccc(Cl)c(Cl)c2)C1. The first-order valence-corrected chi connectivity index (χ1v) is 14.4. The molecule has 1 atom stereocenters. The van der Waals surface area contributed by atoms with Gasteiger partial charge in [0.15, 0.2) is 6.29 Å². The fourth-order valence-corrected chi connectivity index (χ4v) is 6.78. The van der Waals surface area contributed by atoms with E-state index in [-0.39, 0.29) is 5.41 Å². The first-order chi connectivity index (χ1) is 18.1. The fourth-order valence-electron chi connectivity index (χ4n) is 6.48. The Morgan fingerprint density at radius 2 is 1.65 bits per heavy atom. The number of piperidine rings is 2. The Balaban J connectivity index is 1.29. The van der Waals surface area contributed by atoms with Gasteiger partial charge < -0.3 is 9.80 Å². The molecule has 194 valence electrons. The van der Waals surface area contributed by atoms with Crippen LogP contribution in [0.25, 0.3) is 0 Å². The second kappa shape index (κ2) is 12.0. The summed E-state index contributed by atoms with van der Waals surface area (Å²) in [5.74, 6) is 0.685. The third-order valence-corrected chi connectivity index (χ3v) is 9.24. The summed E-state index contributed by atoms with van der Waals surface area (Å²) < 4.78 is 0. The van der Waals surface area contributed by atoms with Gasteiger partial charge in [-0.1, -0.05) is 71.7 Å². The number of anilines is 1. The van der Waals surface area contributed by atoms with Crippen molar-refractivity contribution >= 4 is 35.2 Å². The number of hydrogen-bond acceptors (Lipinski definition) is 3. The molecule has 0 amide bonds. The van der Waals surface area contributed by atoms with Gasteiger partial charge in [-0.15, -0.1) is 0 Å². The van der Waals surface area contributed by atoms with Crippen LogP contribution in [0.15, 0.2) is 72.8 Å². The lowest BCUT2D eigenvalue weighted by Crippen LogP contribution is -2.47. The Morgan fingerprint density at radius 3 is 2.41 bits per heavy atom. The highest BCUT2D eigenvalue weighted by Crippen LogP contribution is 2.42. The van der Waals surface area contributed by atoms with Crippen molar-refractivity contribution in [2.45, 2.75) is 49.9 Å². The zero-order valence-electron chi connectivity index (χ0n) is 21.4. The third-order valence-electron chi connectivity index (χ3n) is 8.50. The standard InChI is InChI=1S/C32H36Cl2N2O/c33-29-13-12-28(22-30(29)34)32(17-7-19-36(24-32)31-11-5-4-10-27(31)23-37)16-6-18-35-20-14-26(15-21-35)25-8-2-1-3-9-25/h1-5,8-13,22-23,26H,6-7,14-21,24H2. The smallest absolute Gasteiger partial charge is 0.152 e. The molecular formula is C32H36Cl2N2O.